The molecule has 1 heterocycles. The van der Waals surface area contributed by atoms with Crippen LogP contribution in [0, 0.1) is 0 Å². The highest BCUT2D eigenvalue weighted by Gasteiger charge is 2.34. The summed E-state index contributed by atoms with van der Waals surface area (Å²) < 4.78 is 0. The van der Waals surface area contributed by atoms with E-state index in [1.54, 1.807) is 0 Å². The highest BCUT2D eigenvalue weighted by molar-refractivity contribution is 6.17. The Balaban J connectivity index is 1.58. The summed E-state index contributed by atoms with van der Waals surface area (Å²) in [5, 5.41) is 24.9. The van der Waals surface area contributed by atoms with E-state index >= 15 is 0 Å². The maximum Gasteiger partial charge on any atom is 0.254 e. The Bertz CT molecular complexity index is 849. The van der Waals surface area contributed by atoms with Gasteiger partial charge < -0.3 is 25.3 Å². The number of rotatable bonds is 7. The van der Waals surface area contributed by atoms with Crippen molar-refractivity contribution in [1.29, 1.82) is 0 Å². The average molecular weight is 420 g/mol. The Hall–Kier alpha value is -2.35. The summed E-state index contributed by atoms with van der Waals surface area (Å²) in [6.45, 7) is 2.29. The van der Waals surface area contributed by atoms with E-state index in [4.69, 9.17) is 11.6 Å². The van der Waals surface area contributed by atoms with Gasteiger partial charge in [-0.25, -0.2) is 0 Å². The Labute approximate surface area is 174 Å². The normalized spacial score (nSPS) is 16.5. The van der Waals surface area contributed by atoms with E-state index in [2.05, 4.69) is 34.5 Å². The van der Waals surface area contributed by atoms with Crippen molar-refractivity contribution in [2.75, 3.05) is 43.5 Å². The van der Waals surface area contributed by atoms with Crippen molar-refractivity contribution < 1.29 is 19.8 Å². The number of amides is 2. The first kappa shape index (κ1) is 21.4. The van der Waals surface area contributed by atoms with E-state index < -0.39 is 24.0 Å². The van der Waals surface area contributed by atoms with Gasteiger partial charge in [0.15, 0.2) is 12.2 Å². The molecular formula is C21H26ClN3O4. The molecule has 3 rings (SSSR count). The van der Waals surface area contributed by atoms with Crippen LogP contribution in [0.1, 0.15) is 6.42 Å². The molecule has 1 fully saturated rings. The van der Waals surface area contributed by atoms with Crippen molar-refractivity contribution in [3.63, 3.8) is 0 Å². The van der Waals surface area contributed by atoms with Gasteiger partial charge >= 0.3 is 0 Å². The van der Waals surface area contributed by atoms with Crippen molar-refractivity contribution in [2.45, 2.75) is 18.6 Å². The number of nitrogens with one attached hydrogen (secondary N) is 1. The van der Waals surface area contributed by atoms with E-state index in [0.717, 1.165) is 16.5 Å². The van der Waals surface area contributed by atoms with Gasteiger partial charge in [-0.3, -0.25) is 9.59 Å². The molecule has 0 aliphatic carbocycles. The Morgan fingerprint density at radius 2 is 1.69 bits per heavy atom. The fourth-order valence-electron chi connectivity index (χ4n) is 3.50. The highest BCUT2D eigenvalue weighted by atomic mass is 35.5. The number of hydrogen-bond acceptors (Lipinski definition) is 5. The summed E-state index contributed by atoms with van der Waals surface area (Å²) in [7, 11) is 0. The van der Waals surface area contributed by atoms with E-state index in [1.165, 1.54) is 4.90 Å². The lowest BCUT2D eigenvalue weighted by atomic mass is 10.1. The minimum Gasteiger partial charge on any atom is -0.380 e. The van der Waals surface area contributed by atoms with Crippen LogP contribution in [0.5, 0.6) is 0 Å². The van der Waals surface area contributed by atoms with Crippen LogP contribution in [0.2, 0.25) is 0 Å². The fourth-order valence-corrected chi connectivity index (χ4v) is 3.63. The summed E-state index contributed by atoms with van der Waals surface area (Å²) in [4.78, 5) is 28.1. The molecule has 7 nitrogen and oxygen atoms in total. The number of aliphatic hydroxyl groups is 2. The van der Waals surface area contributed by atoms with Crippen LogP contribution in [0.3, 0.4) is 0 Å². The standard InChI is InChI=1S/C21H26ClN3O4/c22-9-4-10-23-20(28)18(26)19(27)21(29)25-13-11-24(12-14-25)17-8-3-6-15-5-1-2-7-16(15)17/h1-3,5-8,18-19,26-27H,4,9-14H2,(H,23,28)/t18-,19-/m1/s1. The zero-order valence-corrected chi connectivity index (χ0v) is 16.9. The number of aliphatic hydroxyl groups excluding tert-OH is 2. The summed E-state index contributed by atoms with van der Waals surface area (Å²) in [6, 6.07) is 14.3. The number of anilines is 1. The molecule has 1 aliphatic heterocycles. The highest BCUT2D eigenvalue weighted by Crippen LogP contribution is 2.27. The topological polar surface area (TPSA) is 93.1 Å². The van der Waals surface area contributed by atoms with Crippen molar-refractivity contribution in [1.82, 2.24) is 10.2 Å². The molecule has 29 heavy (non-hydrogen) atoms. The largest absolute Gasteiger partial charge is 0.380 e. The lowest BCUT2D eigenvalue weighted by molar-refractivity contribution is -0.153. The quantitative estimate of drug-likeness (QED) is 0.459. The molecule has 0 aromatic heterocycles. The third kappa shape index (κ3) is 4.98. The van der Waals surface area contributed by atoms with Crippen LogP contribution in [-0.2, 0) is 9.59 Å². The maximum atomic E-state index is 12.5. The second kappa shape index (κ2) is 9.91. The molecule has 0 saturated carbocycles. The van der Waals surface area contributed by atoms with E-state index in [1.807, 2.05) is 18.2 Å². The molecule has 1 aliphatic rings. The maximum absolute atomic E-state index is 12.5. The smallest absolute Gasteiger partial charge is 0.254 e. The summed E-state index contributed by atoms with van der Waals surface area (Å²) in [5.74, 6) is -1.04. The number of halogens is 1. The molecule has 1 saturated heterocycles. The minimum atomic E-state index is -1.80. The molecule has 2 atom stereocenters. The Morgan fingerprint density at radius 1 is 1.00 bits per heavy atom. The predicted molar refractivity (Wildman–Crippen MR) is 113 cm³/mol. The van der Waals surface area contributed by atoms with Crippen molar-refractivity contribution in [2.24, 2.45) is 0 Å². The van der Waals surface area contributed by atoms with Gasteiger partial charge in [-0.2, -0.15) is 0 Å². The number of benzene rings is 2. The number of carbonyl (C=O) groups is 2. The molecule has 3 N–H and O–H groups in total. The molecule has 156 valence electrons. The first-order valence-corrected chi connectivity index (χ1v) is 10.3. The first-order valence-electron chi connectivity index (χ1n) is 9.74. The number of fused-ring (bicyclic) bond motifs is 1. The molecule has 8 heteroatoms. The Kier molecular flexibility index (Phi) is 7.30. The second-order valence-corrected chi connectivity index (χ2v) is 7.41. The van der Waals surface area contributed by atoms with Crippen molar-refractivity contribution >= 4 is 39.9 Å². The lowest BCUT2D eigenvalue weighted by Gasteiger charge is -2.37. The minimum absolute atomic E-state index is 0.282. The number of alkyl halides is 1. The number of hydrogen-bond donors (Lipinski definition) is 3. The van der Waals surface area contributed by atoms with Gasteiger partial charge in [-0.05, 0) is 17.9 Å². The number of piperazine rings is 1. The number of nitrogens with zero attached hydrogens (tertiary/aromatic N) is 2. The van der Waals surface area contributed by atoms with E-state index in [0.29, 0.717) is 38.5 Å². The SMILES string of the molecule is O=C(NCCCCl)[C@H](O)[C@@H](O)C(=O)N1CCN(c2cccc3ccccc23)CC1. The molecular weight excluding hydrogens is 394 g/mol. The third-order valence-electron chi connectivity index (χ3n) is 5.13. The zero-order chi connectivity index (χ0) is 20.8. The molecule has 2 aromatic carbocycles. The summed E-state index contributed by atoms with van der Waals surface area (Å²) in [6.07, 6.45) is -3.04. The Morgan fingerprint density at radius 3 is 2.41 bits per heavy atom. The molecule has 0 radical (unpaired) electrons. The second-order valence-electron chi connectivity index (χ2n) is 7.03. The third-order valence-corrected chi connectivity index (χ3v) is 5.40. The molecule has 2 aromatic rings. The van der Waals surface area contributed by atoms with Gasteiger partial charge in [-0.1, -0.05) is 36.4 Å². The van der Waals surface area contributed by atoms with E-state index in [9.17, 15) is 19.8 Å². The molecule has 2 amide bonds. The predicted octanol–water partition coefficient (Wildman–Crippen LogP) is 0.955. The first-order chi connectivity index (χ1) is 14.0. The molecule has 0 bridgehead atoms. The van der Waals surface area contributed by atoms with Crippen LogP contribution in [0.15, 0.2) is 42.5 Å². The van der Waals surface area contributed by atoms with Gasteiger partial charge in [0, 0.05) is 49.7 Å². The van der Waals surface area contributed by atoms with Crippen molar-refractivity contribution in [3.05, 3.63) is 42.5 Å². The average Bonchev–Trinajstić information content (AvgIpc) is 2.77. The lowest BCUT2D eigenvalue weighted by Crippen LogP contribution is -2.55. The van der Waals surface area contributed by atoms with Gasteiger partial charge in [0.25, 0.3) is 11.8 Å². The summed E-state index contributed by atoms with van der Waals surface area (Å²) >= 11 is 5.54. The van der Waals surface area contributed by atoms with Gasteiger partial charge in [0.1, 0.15) is 0 Å². The summed E-state index contributed by atoms with van der Waals surface area (Å²) in [5.41, 5.74) is 1.11. The van der Waals surface area contributed by atoms with Gasteiger partial charge in [0.05, 0.1) is 0 Å². The van der Waals surface area contributed by atoms with Crippen molar-refractivity contribution in [3.8, 4) is 0 Å². The number of carbonyl (C=O) groups excluding carboxylic acids is 2. The fraction of sp³-hybridized carbons (Fsp3) is 0.429. The van der Waals surface area contributed by atoms with Gasteiger partial charge in [-0.15, -0.1) is 11.6 Å². The van der Waals surface area contributed by atoms with Gasteiger partial charge in [0.2, 0.25) is 0 Å². The van der Waals surface area contributed by atoms with Crippen LogP contribution in [-0.4, -0.2) is 77.7 Å². The monoisotopic (exact) mass is 419 g/mol. The van der Waals surface area contributed by atoms with E-state index in [-0.39, 0.29) is 6.54 Å². The van der Waals surface area contributed by atoms with Crippen LogP contribution in [0.4, 0.5) is 5.69 Å². The molecule has 0 unspecified atom stereocenters. The van der Waals surface area contributed by atoms with Crippen LogP contribution < -0.4 is 10.2 Å². The van der Waals surface area contributed by atoms with Crippen LogP contribution in [0.25, 0.3) is 10.8 Å². The zero-order valence-electron chi connectivity index (χ0n) is 16.1. The molecule has 0 spiro atoms. The van der Waals surface area contributed by atoms with Crippen LogP contribution >= 0.6 is 11.6 Å².